The molecule has 40 heavy (non-hydrogen) atoms. The number of para-hydroxylation sites is 1. The summed E-state index contributed by atoms with van der Waals surface area (Å²) < 4.78 is 24.1. The molecule has 0 spiro atoms. The van der Waals surface area contributed by atoms with Crippen molar-refractivity contribution in [3.8, 4) is 11.5 Å². The minimum absolute atomic E-state index is 0.0697. The van der Waals surface area contributed by atoms with E-state index in [1.165, 1.54) is 24.3 Å². The van der Waals surface area contributed by atoms with E-state index in [1.807, 2.05) is 0 Å². The fraction of sp³-hybridized carbons (Fsp3) is 0.0333. The molecule has 2 N–H and O–H groups in total. The normalized spacial score (nSPS) is 14.1. The monoisotopic (exact) mass is 553 g/mol. The minimum Gasteiger partial charge on any atom is -0.454 e. The van der Waals surface area contributed by atoms with Crippen molar-refractivity contribution >= 4 is 46.5 Å². The Kier molecular flexibility index (Phi) is 6.67. The number of anilines is 3. The van der Waals surface area contributed by atoms with Crippen molar-refractivity contribution in [2.24, 2.45) is 0 Å². The van der Waals surface area contributed by atoms with Gasteiger partial charge >= 0.3 is 0 Å². The van der Waals surface area contributed by atoms with E-state index >= 15 is 0 Å². The molecule has 0 radical (unpaired) electrons. The van der Waals surface area contributed by atoms with E-state index in [1.54, 1.807) is 72.8 Å². The molecule has 0 fully saturated rings. The highest BCUT2D eigenvalue weighted by molar-refractivity contribution is 8.04. The number of amides is 3. The number of nitrogens with zero attached hydrogens (tertiary/aromatic N) is 1. The van der Waals surface area contributed by atoms with Crippen LogP contribution >= 0.6 is 11.8 Å². The Morgan fingerprint density at radius 3 is 2.38 bits per heavy atom. The molecule has 0 atom stereocenters. The van der Waals surface area contributed by atoms with Gasteiger partial charge in [0.25, 0.3) is 17.7 Å². The number of nitrogens with one attached hydrogen (secondary N) is 2. The first kappa shape index (κ1) is 25.2. The van der Waals surface area contributed by atoms with Gasteiger partial charge in [-0.3, -0.25) is 14.4 Å². The molecule has 8 nitrogen and oxygen atoms in total. The van der Waals surface area contributed by atoms with E-state index in [2.05, 4.69) is 10.6 Å². The van der Waals surface area contributed by atoms with Crippen molar-refractivity contribution in [3.05, 3.63) is 119 Å². The van der Waals surface area contributed by atoms with Gasteiger partial charge in [-0.25, -0.2) is 9.29 Å². The Bertz CT molecular complexity index is 1670. The minimum atomic E-state index is -0.532. The van der Waals surface area contributed by atoms with E-state index < -0.39 is 17.6 Å². The molecule has 4 aromatic carbocycles. The lowest BCUT2D eigenvalue weighted by atomic mass is 10.2. The topological polar surface area (TPSA) is 97.0 Å². The number of ether oxygens (including phenoxy) is 2. The first-order valence-electron chi connectivity index (χ1n) is 12.2. The van der Waals surface area contributed by atoms with Crippen LogP contribution < -0.4 is 25.0 Å². The van der Waals surface area contributed by atoms with Crippen molar-refractivity contribution < 1.29 is 28.2 Å². The first-order valence-corrected chi connectivity index (χ1v) is 13.0. The lowest BCUT2D eigenvalue weighted by Crippen LogP contribution is -2.32. The molecule has 0 aromatic heterocycles. The molecule has 6 rings (SSSR count). The van der Waals surface area contributed by atoms with Gasteiger partial charge in [0, 0.05) is 21.8 Å². The molecule has 0 bridgehead atoms. The largest absolute Gasteiger partial charge is 0.454 e. The number of thioether (sulfide) groups is 1. The summed E-state index contributed by atoms with van der Waals surface area (Å²) in [6.07, 6.45) is 0. The van der Waals surface area contributed by atoms with Crippen LogP contribution in [0, 0.1) is 5.82 Å². The maximum absolute atomic E-state index is 13.6. The molecule has 4 aromatic rings. The molecular weight excluding hydrogens is 533 g/mol. The second-order valence-electron chi connectivity index (χ2n) is 8.77. The number of rotatable bonds is 7. The molecule has 10 heteroatoms. The van der Waals surface area contributed by atoms with Crippen molar-refractivity contribution in [2.45, 2.75) is 4.90 Å². The average molecular weight is 554 g/mol. The molecule has 0 saturated heterocycles. The van der Waals surface area contributed by atoms with Crippen molar-refractivity contribution in [2.75, 3.05) is 22.3 Å². The predicted octanol–water partition coefficient (Wildman–Crippen LogP) is 5.80. The van der Waals surface area contributed by atoms with Gasteiger partial charge in [0.15, 0.2) is 11.5 Å². The van der Waals surface area contributed by atoms with Gasteiger partial charge in [0.1, 0.15) is 16.4 Å². The third-order valence-electron chi connectivity index (χ3n) is 6.12. The van der Waals surface area contributed by atoms with Crippen LogP contribution in [0.3, 0.4) is 0 Å². The maximum Gasteiger partial charge on any atom is 0.283 e. The SMILES string of the molecule is O=C(Nc1cccc(SC2=C(Nc3ccc(F)cc3)C(=O)N(c3ccccc3)C2=O)c1)c1ccc2c(c1)OCO2. The van der Waals surface area contributed by atoms with Gasteiger partial charge < -0.3 is 20.1 Å². The van der Waals surface area contributed by atoms with E-state index in [-0.39, 0.29) is 23.3 Å². The third kappa shape index (κ3) is 4.99. The summed E-state index contributed by atoms with van der Waals surface area (Å²) in [4.78, 5) is 41.8. The van der Waals surface area contributed by atoms with Gasteiger partial charge in [0.2, 0.25) is 6.79 Å². The Morgan fingerprint density at radius 1 is 0.800 bits per heavy atom. The van der Waals surface area contributed by atoms with Crippen LogP contribution in [-0.4, -0.2) is 24.5 Å². The highest BCUT2D eigenvalue weighted by Crippen LogP contribution is 2.39. The number of benzene rings is 4. The smallest absolute Gasteiger partial charge is 0.283 e. The fourth-order valence-corrected chi connectivity index (χ4v) is 5.19. The number of carbonyl (C=O) groups is 3. The van der Waals surface area contributed by atoms with Gasteiger partial charge in [-0.1, -0.05) is 36.0 Å². The van der Waals surface area contributed by atoms with Crippen LogP contribution in [0.25, 0.3) is 0 Å². The highest BCUT2D eigenvalue weighted by Gasteiger charge is 2.40. The highest BCUT2D eigenvalue weighted by atomic mass is 32.2. The zero-order chi connectivity index (χ0) is 27.6. The lowest BCUT2D eigenvalue weighted by Gasteiger charge is -2.15. The quantitative estimate of drug-likeness (QED) is 0.280. The summed E-state index contributed by atoms with van der Waals surface area (Å²) in [6.45, 7) is 0.108. The lowest BCUT2D eigenvalue weighted by molar-refractivity contribution is -0.120. The molecule has 0 unspecified atom stereocenters. The zero-order valence-electron chi connectivity index (χ0n) is 20.7. The summed E-state index contributed by atoms with van der Waals surface area (Å²) in [5, 5.41) is 5.84. The number of hydrogen-bond acceptors (Lipinski definition) is 7. The molecule has 0 aliphatic carbocycles. The van der Waals surface area contributed by atoms with Crippen molar-refractivity contribution in [1.82, 2.24) is 0 Å². The van der Waals surface area contributed by atoms with Crippen LogP contribution in [-0.2, 0) is 9.59 Å². The summed E-state index contributed by atoms with van der Waals surface area (Å²) >= 11 is 1.09. The first-order chi connectivity index (χ1) is 19.5. The van der Waals surface area contributed by atoms with Gasteiger partial charge in [-0.2, -0.15) is 0 Å². The number of imide groups is 1. The average Bonchev–Trinajstić information content (AvgIpc) is 3.53. The molecule has 2 aliphatic rings. The Hall–Kier alpha value is -5.09. The second kappa shape index (κ2) is 10.6. The van der Waals surface area contributed by atoms with Crippen LogP contribution in [0.4, 0.5) is 21.5 Å². The molecule has 3 amide bonds. The van der Waals surface area contributed by atoms with E-state index in [0.717, 1.165) is 16.7 Å². The van der Waals surface area contributed by atoms with Crippen molar-refractivity contribution in [1.29, 1.82) is 0 Å². The maximum atomic E-state index is 13.6. The zero-order valence-corrected chi connectivity index (χ0v) is 21.5. The molecule has 0 saturated carbocycles. The number of halogens is 1. The number of hydrogen-bond donors (Lipinski definition) is 2. The summed E-state index contributed by atoms with van der Waals surface area (Å²) in [7, 11) is 0. The molecule has 2 aliphatic heterocycles. The molecule has 198 valence electrons. The Labute approximate surface area is 232 Å². The predicted molar refractivity (Wildman–Crippen MR) is 149 cm³/mol. The second-order valence-corrected chi connectivity index (χ2v) is 9.85. The van der Waals surface area contributed by atoms with Gasteiger partial charge in [-0.05, 0) is 72.8 Å². The van der Waals surface area contributed by atoms with Crippen molar-refractivity contribution in [3.63, 3.8) is 0 Å². The van der Waals surface area contributed by atoms with Crippen LogP contribution in [0.15, 0.2) is 113 Å². The van der Waals surface area contributed by atoms with Crippen LogP contribution in [0.2, 0.25) is 0 Å². The van der Waals surface area contributed by atoms with Crippen LogP contribution in [0.1, 0.15) is 10.4 Å². The summed E-state index contributed by atoms with van der Waals surface area (Å²) in [5.74, 6) is -0.726. The number of fused-ring (bicyclic) bond motifs is 1. The third-order valence-corrected chi connectivity index (χ3v) is 7.19. The number of carbonyl (C=O) groups excluding carboxylic acids is 3. The summed E-state index contributed by atoms with van der Waals surface area (Å²) in [5.41, 5.74) is 1.84. The van der Waals surface area contributed by atoms with Crippen LogP contribution in [0.5, 0.6) is 11.5 Å². The Balaban J connectivity index is 1.27. The Morgan fingerprint density at radius 2 is 1.57 bits per heavy atom. The summed E-state index contributed by atoms with van der Waals surface area (Å²) in [6, 6.07) is 26.0. The molecule has 2 heterocycles. The standard InChI is InChI=1S/C30H20FN3O5S/c31-19-10-12-20(13-11-19)32-26-27(30(37)34(29(26)36)22-6-2-1-3-7-22)40-23-8-4-5-21(16-23)33-28(35)18-9-14-24-25(15-18)39-17-38-24/h1-16,32H,17H2,(H,33,35). The van der Waals surface area contributed by atoms with E-state index in [4.69, 9.17) is 9.47 Å². The van der Waals surface area contributed by atoms with E-state index in [9.17, 15) is 18.8 Å². The van der Waals surface area contributed by atoms with Gasteiger partial charge in [0.05, 0.1) is 5.69 Å². The van der Waals surface area contributed by atoms with Gasteiger partial charge in [-0.15, -0.1) is 0 Å². The molecular formula is C30H20FN3O5S. The van der Waals surface area contributed by atoms with E-state index in [0.29, 0.717) is 39.0 Å². The fourth-order valence-electron chi connectivity index (χ4n) is 4.20.